The topological polar surface area (TPSA) is 191 Å². The maximum atomic E-state index is 13.8. The fraction of sp³-hybridized carbons (Fsp3) is 0.517. The fourth-order valence-corrected chi connectivity index (χ4v) is 5.94. The van der Waals surface area contributed by atoms with Crippen LogP contribution in [0.3, 0.4) is 0 Å². The third-order valence-electron chi connectivity index (χ3n) is 7.49. The summed E-state index contributed by atoms with van der Waals surface area (Å²) in [5.74, 6) is -2.28. The maximum absolute atomic E-state index is 13.8. The zero-order valence-electron chi connectivity index (χ0n) is 26.5. The first-order chi connectivity index (χ1) is 21.1. The molecular weight excluding hydrogens is 604 g/mol. The van der Waals surface area contributed by atoms with Crippen LogP contribution in [0.2, 0.25) is 0 Å². The lowest BCUT2D eigenvalue weighted by Gasteiger charge is -2.28. The van der Waals surface area contributed by atoms with Crippen molar-refractivity contribution in [3.63, 3.8) is 0 Å². The Morgan fingerprint density at radius 1 is 0.956 bits per heavy atom. The lowest BCUT2D eigenvalue weighted by molar-refractivity contribution is -0.122. The number of thiazole rings is 1. The first kappa shape index (κ1) is 33.3. The molecule has 45 heavy (non-hydrogen) atoms. The first-order valence-corrected chi connectivity index (χ1v) is 15.4. The van der Waals surface area contributed by atoms with E-state index in [2.05, 4.69) is 25.9 Å². The van der Waals surface area contributed by atoms with Crippen molar-refractivity contribution in [2.24, 2.45) is 25.9 Å². The molecule has 4 bridgehead atoms. The SMILES string of the molecule is Cc1oc2nc1C(=O)N[C@H](C)CN(C(=O)c1cc(=O)n(C)c(=O)n1C)CC(=O)N[C@@H](C(C)C)c1nc(cs1)C(=O)N[C@@H]2C(C)C. The van der Waals surface area contributed by atoms with Gasteiger partial charge in [-0.1, -0.05) is 27.7 Å². The quantitative estimate of drug-likeness (QED) is 0.375. The van der Waals surface area contributed by atoms with Crippen LogP contribution in [0.15, 0.2) is 25.5 Å². The summed E-state index contributed by atoms with van der Waals surface area (Å²) in [5.41, 5.74) is -1.48. The molecule has 0 aromatic carbocycles. The monoisotopic (exact) mass is 642 g/mol. The van der Waals surface area contributed by atoms with Crippen molar-refractivity contribution in [2.45, 2.75) is 59.7 Å². The number of amides is 4. The smallest absolute Gasteiger partial charge is 0.331 e. The fourth-order valence-electron chi connectivity index (χ4n) is 4.92. The molecule has 4 heterocycles. The van der Waals surface area contributed by atoms with Crippen LogP contribution in [-0.2, 0) is 18.9 Å². The second-order valence-electron chi connectivity index (χ2n) is 11.8. The summed E-state index contributed by atoms with van der Waals surface area (Å²) >= 11 is 1.21. The normalized spacial score (nSPS) is 20.0. The van der Waals surface area contributed by atoms with Crippen molar-refractivity contribution < 1.29 is 23.6 Å². The molecule has 4 amide bonds. The summed E-state index contributed by atoms with van der Waals surface area (Å²) in [6.45, 7) is 10.1. The van der Waals surface area contributed by atoms with E-state index in [1.807, 2.05) is 27.7 Å². The molecule has 242 valence electrons. The number of fused-ring (bicyclic) bond motifs is 4. The van der Waals surface area contributed by atoms with Gasteiger partial charge in [-0.05, 0) is 25.7 Å². The van der Waals surface area contributed by atoms with E-state index in [-0.39, 0.29) is 47.1 Å². The van der Waals surface area contributed by atoms with Crippen molar-refractivity contribution in [3.8, 4) is 0 Å². The first-order valence-electron chi connectivity index (χ1n) is 14.5. The molecule has 0 saturated carbocycles. The summed E-state index contributed by atoms with van der Waals surface area (Å²) in [7, 11) is 2.64. The van der Waals surface area contributed by atoms with Gasteiger partial charge in [0, 0.05) is 38.1 Å². The van der Waals surface area contributed by atoms with Crippen molar-refractivity contribution in [1.82, 2.24) is 40.0 Å². The molecule has 4 rings (SSSR count). The highest BCUT2D eigenvalue weighted by molar-refractivity contribution is 7.09. The van der Waals surface area contributed by atoms with Gasteiger partial charge in [0.25, 0.3) is 23.3 Å². The second kappa shape index (κ2) is 13.2. The van der Waals surface area contributed by atoms with Gasteiger partial charge < -0.3 is 25.3 Å². The summed E-state index contributed by atoms with van der Waals surface area (Å²) in [5, 5.41) is 10.7. The Balaban J connectivity index is 1.78. The van der Waals surface area contributed by atoms with Gasteiger partial charge in [-0.15, -0.1) is 11.3 Å². The molecule has 3 aromatic rings. The second-order valence-corrected chi connectivity index (χ2v) is 12.7. The van der Waals surface area contributed by atoms with Gasteiger partial charge in [-0.3, -0.25) is 33.1 Å². The number of nitrogens with zero attached hydrogens (tertiary/aromatic N) is 5. The average Bonchev–Trinajstić information content (AvgIpc) is 3.61. The molecule has 1 aliphatic rings. The van der Waals surface area contributed by atoms with E-state index in [4.69, 9.17) is 4.42 Å². The number of carbonyl (C=O) groups excluding carboxylic acids is 4. The molecule has 0 aliphatic carbocycles. The van der Waals surface area contributed by atoms with Crippen LogP contribution in [0.1, 0.15) is 94.8 Å². The van der Waals surface area contributed by atoms with Gasteiger partial charge in [-0.25, -0.2) is 14.8 Å². The molecule has 3 atom stereocenters. The number of oxazole rings is 1. The maximum Gasteiger partial charge on any atom is 0.331 e. The molecule has 0 saturated heterocycles. The van der Waals surface area contributed by atoms with E-state index >= 15 is 0 Å². The molecule has 0 unspecified atom stereocenters. The predicted octanol–water partition coefficient (Wildman–Crippen LogP) is 1.05. The van der Waals surface area contributed by atoms with Crippen LogP contribution in [-0.4, -0.2) is 66.8 Å². The van der Waals surface area contributed by atoms with E-state index in [1.165, 1.54) is 25.4 Å². The number of aryl methyl sites for hydroxylation is 1. The number of rotatable bonds is 3. The molecule has 15 nitrogen and oxygen atoms in total. The molecule has 0 spiro atoms. The summed E-state index contributed by atoms with van der Waals surface area (Å²) in [6, 6.07) is -0.943. The lowest BCUT2D eigenvalue weighted by atomic mass is 10.0. The Hall–Kier alpha value is -4.60. The Morgan fingerprint density at radius 3 is 2.27 bits per heavy atom. The lowest BCUT2D eigenvalue weighted by Crippen LogP contribution is -2.50. The number of nitrogens with one attached hydrogen (secondary N) is 3. The van der Waals surface area contributed by atoms with Crippen molar-refractivity contribution in [1.29, 1.82) is 0 Å². The minimum absolute atomic E-state index is 0.00171. The number of aromatic nitrogens is 4. The Bertz CT molecular complexity index is 1750. The molecule has 3 N–H and O–H groups in total. The van der Waals surface area contributed by atoms with E-state index in [0.29, 0.717) is 5.01 Å². The summed E-state index contributed by atoms with van der Waals surface area (Å²) in [4.78, 5) is 88.8. The zero-order chi connectivity index (χ0) is 33.3. The van der Waals surface area contributed by atoms with Crippen LogP contribution in [0.5, 0.6) is 0 Å². The van der Waals surface area contributed by atoms with Gasteiger partial charge >= 0.3 is 5.69 Å². The van der Waals surface area contributed by atoms with E-state index in [0.717, 1.165) is 20.1 Å². The van der Waals surface area contributed by atoms with Gasteiger partial charge in [-0.2, -0.15) is 0 Å². The van der Waals surface area contributed by atoms with Gasteiger partial charge in [0.05, 0.1) is 12.6 Å². The highest BCUT2D eigenvalue weighted by Crippen LogP contribution is 2.27. The largest absolute Gasteiger partial charge is 0.443 e. The van der Waals surface area contributed by atoms with Crippen molar-refractivity contribution in [2.75, 3.05) is 13.1 Å². The van der Waals surface area contributed by atoms with Crippen LogP contribution in [0.25, 0.3) is 0 Å². The highest BCUT2D eigenvalue weighted by Gasteiger charge is 2.31. The van der Waals surface area contributed by atoms with Crippen LogP contribution in [0.4, 0.5) is 0 Å². The predicted molar refractivity (Wildman–Crippen MR) is 164 cm³/mol. The molecule has 16 heteroatoms. The summed E-state index contributed by atoms with van der Waals surface area (Å²) < 4.78 is 7.72. The van der Waals surface area contributed by atoms with Gasteiger partial charge in [0.2, 0.25) is 11.8 Å². The van der Waals surface area contributed by atoms with Gasteiger partial charge in [0.1, 0.15) is 28.2 Å². The standard InChI is InChI=1S/C29H38N8O7S/c1-13(2)21-26-34-23(16(6)44-26)25(41)30-15(5)10-37(28(42)18-9-20(39)36(8)29(43)35(18)7)11-19(38)32-22(14(3)4)27-31-17(12-45-27)24(40)33-21/h9,12-15,21-22H,10-11H2,1-8H3,(H,30,41)(H,32,38)(H,33,40)/t15-,21-,22+/m1/s1. The molecule has 1 aliphatic heterocycles. The molecule has 3 aromatic heterocycles. The third kappa shape index (κ3) is 7.05. The van der Waals surface area contributed by atoms with Crippen LogP contribution >= 0.6 is 11.3 Å². The molecular formula is C29H38N8O7S. The number of hydrogen-bond acceptors (Lipinski definition) is 10. The van der Waals surface area contributed by atoms with E-state index < -0.39 is 59.5 Å². The van der Waals surface area contributed by atoms with Gasteiger partial charge in [0.15, 0.2) is 5.69 Å². The number of carbonyl (C=O) groups is 4. The van der Waals surface area contributed by atoms with E-state index in [9.17, 15) is 28.8 Å². The molecule has 0 radical (unpaired) electrons. The highest BCUT2D eigenvalue weighted by atomic mass is 32.1. The average molecular weight is 643 g/mol. The van der Waals surface area contributed by atoms with Crippen LogP contribution < -0.4 is 27.2 Å². The molecule has 0 fully saturated rings. The van der Waals surface area contributed by atoms with Crippen LogP contribution in [0, 0.1) is 18.8 Å². The minimum Gasteiger partial charge on any atom is -0.443 e. The number of hydrogen-bond donors (Lipinski definition) is 3. The van der Waals surface area contributed by atoms with E-state index in [1.54, 1.807) is 19.2 Å². The Labute approximate surface area is 263 Å². The Kier molecular flexibility index (Phi) is 9.75. The zero-order valence-corrected chi connectivity index (χ0v) is 27.3. The minimum atomic E-state index is -0.757. The van der Waals surface area contributed by atoms with Crippen molar-refractivity contribution in [3.05, 3.63) is 66.0 Å². The Morgan fingerprint density at radius 2 is 1.62 bits per heavy atom. The summed E-state index contributed by atoms with van der Waals surface area (Å²) in [6.07, 6.45) is 0. The van der Waals surface area contributed by atoms with Crippen molar-refractivity contribution >= 4 is 35.0 Å². The third-order valence-corrected chi connectivity index (χ3v) is 8.42.